The van der Waals surface area contributed by atoms with Crippen LogP contribution in [0.15, 0.2) is 24.3 Å². The Morgan fingerprint density at radius 1 is 1.54 bits per heavy atom. The van der Waals surface area contributed by atoms with E-state index in [1.807, 2.05) is 24.3 Å². The summed E-state index contributed by atoms with van der Waals surface area (Å²) in [6, 6.07) is 7.79. The van der Waals surface area contributed by atoms with Gasteiger partial charge in [-0.05, 0) is 37.2 Å². The highest BCUT2D eigenvalue weighted by Gasteiger charge is 1.96. The molecule has 0 aliphatic rings. The van der Waals surface area contributed by atoms with Crippen LogP contribution in [0.4, 0.5) is 0 Å². The lowest BCUT2D eigenvalue weighted by atomic mass is 10.2. The largest absolute Gasteiger partial charge is 0.295 e. The molecule has 0 heterocycles. The summed E-state index contributed by atoms with van der Waals surface area (Å²) in [6.07, 6.45) is 1.88. The van der Waals surface area contributed by atoms with Crippen molar-refractivity contribution < 1.29 is 4.79 Å². The van der Waals surface area contributed by atoms with Crippen LogP contribution >= 0.6 is 20.2 Å². The molecule has 0 saturated heterocycles. The van der Waals surface area contributed by atoms with Gasteiger partial charge in [-0.1, -0.05) is 32.3 Å². The standard InChI is InChI=1S/C10H12ClOP/c1-8(12)13-6-5-9-3-2-4-10(11)7-9/h2-4,7,13H,5-6H2,1H3. The van der Waals surface area contributed by atoms with Gasteiger partial charge < -0.3 is 0 Å². The number of hydrogen-bond acceptors (Lipinski definition) is 1. The number of rotatable bonds is 4. The Morgan fingerprint density at radius 3 is 2.92 bits per heavy atom. The van der Waals surface area contributed by atoms with Crippen LogP contribution in [0.25, 0.3) is 0 Å². The van der Waals surface area contributed by atoms with Gasteiger partial charge in [0.1, 0.15) is 5.52 Å². The lowest BCUT2D eigenvalue weighted by molar-refractivity contribution is -0.109. The number of benzene rings is 1. The molecule has 1 aromatic rings. The highest BCUT2D eigenvalue weighted by atomic mass is 35.5. The van der Waals surface area contributed by atoms with Crippen molar-refractivity contribution in [1.82, 2.24) is 0 Å². The minimum atomic E-state index is 0.280. The van der Waals surface area contributed by atoms with Crippen molar-refractivity contribution in [2.75, 3.05) is 6.16 Å². The monoisotopic (exact) mass is 214 g/mol. The molecule has 1 atom stereocenters. The van der Waals surface area contributed by atoms with Gasteiger partial charge in [-0.3, -0.25) is 4.79 Å². The van der Waals surface area contributed by atoms with Gasteiger partial charge >= 0.3 is 0 Å². The molecule has 0 aliphatic carbocycles. The summed E-state index contributed by atoms with van der Waals surface area (Å²) in [5, 5.41) is 0.767. The van der Waals surface area contributed by atoms with Crippen molar-refractivity contribution in [1.29, 1.82) is 0 Å². The summed E-state index contributed by atoms with van der Waals surface area (Å²) < 4.78 is 0. The zero-order valence-electron chi connectivity index (χ0n) is 7.51. The Labute approximate surface area is 85.3 Å². The zero-order valence-corrected chi connectivity index (χ0v) is 9.27. The van der Waals surface area contributed by atoms with Crippen LogP contribution in [0.3, 0.4) is 0 Å². The molecular weight excluding hydrogens is 203 g/mol. The van der Waals surface area contributed by atoms with Crippen LogP contribution in [0.1, 0.15) is 12.5 Å². The normalized spacial score (nSPS) is 10.9. The van der Waals surface area contributed by atoms with Gasteiger partial charge in [0, 0.05) is 5.02 Å². The second-order valence-corrected chi connectivity index (χ2v) is 4.86. The maximum Gasteiger partial charge on any atom is 0.148 e. The highest BCUT2D eigenvalue weighted by molar-refractivity contribution is 7.57. The number of aryl methyl sites for hydroxylation is 1. The van der Waals surface area contributed by atoms with Gasteiger partial charge in [0.15, 0.2) is 0 Å². The van der Waals surface area contributed by atoms with E-state index in [0.29, 0.717) is 8.58 Å². The molecule has 1 rings (SSSR count). The van der Waals surface area contributed by atoms with E-state index in [-0.39, 0.29) is 5.52 Å². The van der Waals surface area contributed by atoms with E-state index in [4.69, 9.17) is 11.6 Å². The van der Waals surface area contributed by atoms with Crippen molar-refractivity contribution in [3.05, 3.63) is 34.9 Å². The van der Waals surface area contributed by atoms with Gasteiger partial charge in [0.25, 0.3) is 0 Å². The van der Waals surface area contributed by atoms with Crippen LogP contribution in [-0.4, -0.2) is 11.7 Å². The predicted octanol–water partition coefficient (Wildman–Crippen LogP) is 3.11. The highest BCUT2D eigenvalue weighted by Crippen LogP contribution is 2.16. The van der Waals surface area contributed by atoms with E-state index in [1.165, 1.54) is 5.56 Å². The maximum atomic E-state index is 10.7. The van der Waals surface area contributed by atoms with Crippen LogP contribution in [0.2, 0.25) is 5.02 Å². The lowest BCUT2D eigenvalue weighted by Gasteiger charge is -1.99. The average Bonchev–Trinajstić information content (AvgIpc) is 2.03. The fourth-order valence-electron chi connectivity index (χ4n) is 1.08. The first kappa shape index (κ1) is 10.7. The summed E-state index contributed by atoms with van der Waals surface area (Å²) >= 11 is 5.82. The molecule has 1 unspecified atom stereocenters. The molecule has 0 aromatic heterocycles. The Morgan fingerprint density at radius 2 is 2.31 bits per heavy atom. The summed E-state index contributed by atoms with van der Waals surface area (Å²) in [5.41, 5.74) is 1.49. The van der Waals surface area contributed by atoms with Gasteiger partial charge in [-0.15, -0.1) is 0 Å². The summed E-state index contributed by atoms with van der Waals surface area (Å²) in [7, 11) is 0.429. The van der Waals surface area contributed by atoms with Crippen molar-refractivity contribution in [2.24, 2.45) is 0 Å². The van der Waals surface area contributed by atoms with E-state index in [0.717, 1.165) is 17.6 Å². The molecular formula is C10H12ClOP. The Hall–Kier alpha value is -0.390. The third-order valence-corrected chi connectivity index (χ3v) is 2.91. The second-order valence-electron chi connectivity index (χ2n) is 2.86. The van der Waals surface area contributed by atoms with Crippen LogP contribution in [-0.2, 0) is 11.2 Å². The molecule has 1 aromatic carbocycles. The molecule has 70 valence electrons. The first-order chi connectivity index (χ1) is 6.18. The summed E-state index contributed by atoms with van der Waals surface area (Å²) in [5.74, 6) is 0. The Bertz CT molecular complexity index is 299. The third-order valence-electron chi connectivity index (χ3n) is 1.68. The predicted molar refractivity (Wildman–Crippen MR) is 59.0 cm³/mol. The van der Waals surface area contributed by atoms with Crippen molar-refractivity contribution >= 4 is 25.7 Å². The van der Waals surface area contributed by atoms with Gasteiger partial charge in [-0.2, -0.15) is 0 Å². The van der Waals surface area contributed by atoms with Gasteiger partial charge in [0.2, 0.25) is 0 Å². The second kappa shape index (κ2) is 5.36. The van der Waals surface area contributed by atoms with Gasteiger partial charge in [-0.25, -0.2) is 0 Å². The van der Waals surface area contributed by atoms with E-state index < -0.39 is 0 Å². The van der Waals surface area contributed by atoms with Crippen molar-refractivity contribution in [3.8, 4) is 0 Å². The number of carbonyl (C=O) groups excluding carboxylic acids is 1. The topological polar surface area (TPSA) is 17.1 Å². The average molecular weight is 215 g/mol. The fraction of sp³-hybridized carbons (Fsp3) is 0.300. The minimum absolute atomic E-state index is 0.280. The van der Waals surface area contributed by atoms with Crippen molar-refractivity contribution in [3.63, 3.8) is 0 Å². The minimum Gasteiger partial charge on any atom is -0.295 e. The first-order valence-corrected chi connectivity index (χ1v) is 5.76. The Balaban J connectivity index is 2.41. The molecule has 0 fully saturated rings. The van der Waals surface area contributed by atoms with E-state index >= 15 is 0 Å². The SMILES string of the molecule is CC(=O)PCCc1cccc(Cl)c1. The number of carbonyl (C=O) groups is 1. The van der Waals surface area contributed by atoms with Gasteiger partial charge in [0.05, 0.1) is 0 Å². The van der Waals surface area contributed by atoms with Crippen LogP contribution in [0.5, 0.6) is 0 Å². The van der Waals surface area contributed by atoms with Crippen molar-refractivity contribution in [2.45, 2.75) is 13.3 Å². The van der Waals surface area contributed by atoms with E-state index in [9.17, 15) is 4.79 Å². The zero-order chi connectivity index (χ0) is 9.68. The fourth-order valence-corrected chi connectivity index (χ4v) is 2.05. The summed E-state index contributed by atoms with van der Waals surface area (Å²) in [4.78, 5) is 10.7. The quantitative estimate of drug-likeness (QED) is 0.704. The molecule has 0 radical (unpaired) electrons. The summed E-state index contributed by atoms with van der Waals surface area (Å²) in [6.45, 7) is 1.64. The molecule has 0 spiro atoms. The molecule has 0 N–H and O–H groups in total. The third kappa shape index (κ3) is 4.40. The molecule has 0 amide bonds. The van der Waals surface area contributed by atoms with Crippen LogP contribution < -0.4 is 0 Å². The molecule has 0 saturated carbocycles. The number of hydrogen-bond donors (Lipinski definition) is 0. The molecule has 0 aliphatic heterocycles. The molecule has 1 nitrogen and oxygen atoms in total. The van der Waals surface area contributed by atoms with Crippen LogP contribution in [0, 0.1) is 0 Å². The first-order valence-electron chi connectivity index (χ1n) is 4.17. The lowest BCUT2D eigenvalue weighted by Crippen LogP contribution is -1.89. The molecule has 3 heteroatoms. The maximum absolute atomic E-state index is 10.7. The molecule has 13 heavy (non-hydrogen) atoms. The number of halogens is 1. The smallest absolute Gasteiger partial charge is 0.148 e. The molecule has 0 bridgehead atoms. The van der Waals surface area contributed by atoms with E-state index in [2.05, 4.69) is 0 Å². The Kier molecular flexibility index (Phi) is 4.41. The van der Waals surface area contributed by atoms with E-state index in [1.54, 1.807) is 6.92 Å².